The Hall–Kier alpha value is -3.77. The Balaban J connectivity index is 1.52. The third kappa shape index (κ3) is 3.49. The van der Waals surface area contributed by atoms with Crippen LogP contribution < -0.4 is 5.73 Å². The number of amides is 1. The minimum atomic E-state index is -3.02. The van der Waals surface area contributed by atoms with E-state index in [-0.39, 0.29) is 11.3 Å². The molecule has 3 aromatic rings. The molecule has 5 N–H and O–H groups in total. The Morgan fingerprint density at radius 2 is 1.73 bits per heavy atom. The van der Waals surface area contributed by atoms with Crippen LogP contribution in [0.4, 0.5) is 0 Å². The van der Waals surface area contributed by atoms with Crippen molar-refractivity contribution in [3.05, 3.63) is 53.6 Å². The summed E-state index contributed by atoms with van der Waals surface area (Å²) < 4.78 is 0.975. The smallest absolute Gasteiger partial charge is 0.235 e. The van der Waals surface area contributed by atoms with Gasteiger partial charge in [-0.1, -0.05) is 31.2 Å². The van der Waals surface area contributed by atoms with Gasteiger partial charge in [-0.05, 0) is 49.2 Å². The van der Waals surface area contributed by atoms with E-state index in [4.69, 9.17) is 5.73 Å². The number of nitrogens with two attached hydrogens (primary N) is 1. The lowest BCUT2D eigenvalue weighted by atomic mass is 9.49. The minimum Gasteiger partial charge on any atom is -0.506 e. The van der Waals surface area contributed by atoms with Gasteiger partial charge in [-0.2, -0.15) is 0 Å². The molecule has 1 aromatic heterocycles. The van der Waals surface area contributed by atoms with E-state index in [1.165, 1.54) is 30.3 Å². The van der Waals surface area contributed by atoms with Gasteiger partial charge in [0.2, 0.25) is 5.91 Å². The molecule has 0 saturated heterocycles. The van der Waals surface area contributed by atoms with E-state index in [0.717, 1.165) is 10.1 Å². The molecule has 6 rings (SSSR count). The van der Waals surface area contributed by atoms with Gasteiger partial charge in [0.25, 0.3) is 0 Å². The van der Waals surface area contributed by atoms with Crippen LogP contribution in [0.3, 0.4) is 0 Å². The molecule has 2 aromatic carbocycles. The van der Waals surface area contributed by atoms with Gasteiger partial charge in [-0.25, -0.2) is 0 Å². The van der Waals surface area contributed by atoms with Crippen molar-refractivity contribution >= 4 is 50.5 Å². The number of nitrogens with zero attached hydrogens (tertiary/aromatic N) is 1. The van der Waals surface area contributed by atoms with Crippen LogP contribution in [0.15, 0.2) is 42.5 Å². The molecule has 2 saturated carbocycles. The van der Waals surface area contributed by atoms with Gasteiger partial charge in [0, 0.05) is 21.1 Å². The lowest BCUT2D eigenvalue weighted by molar-refractivity contribution is -0.196. The molecule has 1 heterocycles. The molecule has 0 aliphatic heterocycles. The number of rotatable bonds is 3. The Labute approximate surface area is 238 Å². The number of likely N-dealkylation sites (N-methyl/N-ethyl adjacent to an activating group) is 1. The number of carbonyl (C=O) groups excluding carboxylic acids is 5. The molecule has 3 aliphatic rings. The van der Waals surface area contributed by atoms with Gasteiger partial charge in [0.15, 0.2) is 34.7 Å². The average Bonchev–Trinajstić information content (AvgIpc) is 3.34. The molecule has 11 heteroatoms. The highest BCUT2D eigenvalue weighted by Gasteiger charge is 2.72. The summed E-state index contributed by atoms with van der Waals surface area (Å²) in [4.78, 5) is 69.1. The molecular weight excluding hydrogens is 548 g/mol. The van der Waals surface area contributed by atoms with Crippen molar-refractivity contribution in [3.8, 4) is 16.2 Å². The van der Waals surface area contributed by atoms with Crippen molar-refractivity contribution in [3.63, 3.8) is 0 Å². The molecule has 8 atom stereocenters. The first kappa shape index (κ1) is 27.4. The Kier molecular flexibility index (Phi) is 6.09. The fourth-order valence-corrected chi connectivity index (χ4v) is 8.39. The zero-order valence-electron chi connectivity index (χ0n) is 22.4. The molecular formula is C30H28N2O8S. The number of Topliss-reactive ketones (excluding diaryl/α,β-unsaturated/α-hetero) is 4. The fraction of sp³-hybridized carbons (Fsp3) is 0.367. The van der Waals surface area contributed by atoms with Gasteiger partial charge in [-0.3, -0.25) is 28.9 Å². The normalized spacial score (nSPS) is 33.1. The molecule has 10 nitrogen and oxygen atoms in total. The zero-order chi connectivity index (χ0) is 29.7. The molecule has 212 valence electrons. The zero-order valence-corrected chi connectivity index (χ0v) is 23.2. The lowest BCUT2D eigenvalue weighted by Crippen LogP contribution is -2.77. The van der Waals surface area contributed by atoms with E-state index in [1.54, 1.807) is 19.1 Å². The standard InChI is InChI=1S/C30H28N2O8S/c1-11-13-8-9-14(16-10-12-6-4-5-7-15(12)41-16)23(33)18(13)24(34)19-17(11)25(35)21-22(32(2)3)26(36)20(29(31)39)28(38)30(21,40)27(19)37/h4-11,17,19-22,25,33,35,40H,1-3H3,(H2,31,39)/t11-,17+,19?,20?,21+,22-,25-,30-/m0/s1. The topological polar surface area (TPSA) is 175 Å². The number of hydrogen-bond donors (Lipinski definition) is 4. The number of aromatic hydroxyl groups is 1. The van der Waals surface area contributed by atoms with Gasteiger partial charge in [0.1, 0.15) is 5.75 Å². The molecule has 41 heavy (non-hydrogen) atoms. The maximum Gasteiger partial charge on any atom is 0.235 e. The van der Waals surface area contributed by atoms with Crippen molar-refractivity contribution in [2.45, 2.75) is 30.6 Å². The average molecular weight is 577 g/mol. The van der Waals surface area contributed by atoms with Crippen molar-refractivity contribution < 1.29 is 39.3 Å². The molecule has 0 radical (unpaired) electrons. The quantitative estimate of drug-likeness (QED) is 0.335. The monoisotopic (exact) mass is 576 g/mol. The summed E-state index contributed by atoms with van der Waals surface area (Å²) in [6, 6.07) is 11.5. The highest BCUT2D eigenvalue weighted by atomic mass is 32.1. The van der Waals surface area contributed by atoms with E-state index in [0.29, 0.717) is 16.0 Å². The number of benzene rings is 2. The number of aliphatic hydroxyl groups is 2. The first-order valence-corrected chi connectivity index (χ1v) is 14.0. The number of fused-ring (bicyclic) bond motifs is 4. The fourth-order valence-electron chi connectivity index (χ4n) is 7.30. The number of phenolic OH excluding ortho intramolecular Hbond substituents is 1. The predicted octanol–water partition coefficient (Wildman–Crippen LogP) is 1.28. The van der Waals surface area contributed by atoms with Gasteiger partial charge < -0.3 is 21.1 Å². The molecule has 2 unspecified atom stereocenters. The minimum absolute atomic E-state index is 0.119. The van der Waals surface area contributed by atoms with E-state index < -0.39 is 76.4 Å². The SMILES string of the molecule is C[C@H]1c2ccc(-c3cc4ccccc4s3)c(O)c2C(=O)C2C(=O)[C@]3(O)C(=O)C(C(N)=O)C(=O)[C@@H](N(C)C)[C@@H]3[C@@H](O)[C@@H]21. The van der Waals surface area contributed by atoms with Crippen LogP contribution in [0, 0.1) is 23.7 Å². The second-order valence-electron chi connectivity index (χ2n) is 11.4. The summed E-state index contributed by atoms with van der Waals surface area (Å²) >= 11 is 1.42. The number of primary amides is 1. The van der Waals surface area contributed by atoms with E-state index in [2.05, 4.69) is 0 Å². The highest BCUT2D eigenvalue weighted by molar-refractivity contribution is 7.22. The summed E-state index contributed by atoms with van der Waals surface area (Å²) in [6.45, 7) is 1.69. The largest absolute Gasteiger partial charge is 0.506 e. The Morgan fingerprint density at radius 3 is 2.37 bits per heavy atom. The third-order valence-electron chi connectivity index (χ3n) is 9.18. The lowest BCUT2D eigenvalue weighted by Gasteiger charge is -2.56. The molecule has 0 spiro atoms. The van der Waals surface area contributed by atoms with Crippen molar-refractivity contribution in [1.29, 1.82) is 0 Å². The third-order valence-corrected chi connectivity index (χ3v) is 10.3. The van der Waals surface area contributed by atoms with E-state index in [9.17, 15) is 39.3 Å². The van der Waals surface area contributed by atoms with Crippen LogP contribution in [0.5, 0.6) is 5.75 Å². The van der Waals surface area contributed by atoms with Gasteiger partial charge in [0.05, 0.1) is 29.5 Å². The first-order valence-electron chi connectivity index (χ1n) is 13.2. The van der Waals surface area contributed by atoms with Crippen molar-refractivity contribution in [1.82, 2.24) is 4.90 Å². The second kappa shape index (κ2) is 9.12. The van der Waals surface area contributed by atoms with E-state index >= 15 is 0 Å². The summed E-state index contributed by atoms with van der Waals surface area (Å²) in [5.41, 5.74) is 3.00. The maximum absolute atomic E-state index is 14.1. The number of thiophene rings is 1. The van der Waals surface area contributed by atoms with Crippen LogP contribution in [-0.4, -0.2) is 81.1 Å². The summed E-state index contributed by atoms with van der Waals surface area (Å²) in [5, 5.41) is 35.8. The van der Waals surface area contributed by atoms with Crippen LogP contribution in [-0.2, 0) is 19.2 Å². The summed E-state index contributed by atoms with van der Waals surface area (Å²) in [5.74, 6) is -13.3. The van der Waals surface area contributed by atoms with E-state index in [1.807, 2.05) is 30.3 Å². The highest BCUT2D eigenvalue weighted by Crippen LogP contribution is 2.55. The van der Waals surface area contributed by atoms with Crippen molar-refractivity contribution in [2.24, 2.45) is 29.4 Å². The van der Waals surface area contributed by atoms with Crippen molar-refractivity contribution in [2.75, 3.05) is 14.1 Å². The number of aliphatic hydroxyl groups excluding tert-OH is 1. The number of ketones is 4. The second-order valence-corrected chi connectivity index (χ2v) is 12.5. The number of hydrogen-bond acceptors (Lipinski definition) is 10. The Morgan fingerprint density at radius 1 is 1.05 bits per heavy atom. The molecule has 2 fully saturated rings. The van der Waals surface area contributed by atoms with Gasteiger partial charge in [-0.15, -0.1) is 11.3 Å². The van der Waals surface area contributed by atoms with Crippen LogP contribution >= 0.6 is 11.3 Å². The van der Waals surface area contributed by atoms with Crippen LogP contribution in [0.25, 0.3) is 20.5 Å². The van der Waals surface area contributed by atoms with Gasteiger partial charge >= 0.3 is 0 Å². The summed E-state index contributed by atoms with van der Waals surface area (Å²) in [6.07, 6.45) is -1.66. The molecule has 0 bridgehead atoms. The summed E-state index contributed by atoms with van der Waals surface area (Å²) in [7, 11) is 2.91. The molecule has 3 aliphatic carbocycles. The Bertz CT molecular complexity index is 1660. The molecule has 1 amide bonds. The van der Waals surface area contributed by atoms with Crippen LogP contribution in [0.1, 0.15) is 28.8 Å². The maximum atomic E-state index is 14.1. The first-order chi connectivity index (χ1) is 19.3. The predicted molar refractivity (Wildman–Crippen MR) is 148 cm³/mol. The number of carbonyl (C=O) groups is 5. The van der Waals surface area contributed by atoms with Crippen LogP contribution in [0.2, 0.25) is 0 Å². The number of phenols is 1.